The summed E-state index contributed by atoms with van der Waals surface area (Å²) in [6, 6.07) is 8.53. The van der Waals surface area contributed by atoms with Gasteiger partial charge in [-0.1, -0.05) is 31.2 Å². The number of nitrogens with zero attached hydrogens (tertiary/aromatic N) is 2. The topological polar surface area (TPSA) is 47.0 Å². The molecule has 0 atom stereocenters. The predicted octanol–water partition coefficient (Wildman–Crippen LogP) is 2.66. The van der Waals surface area contributed by atoms with Gasteiger partial charge in [0, 0.05) is 6.54 Å². The van der Waals surface area contributed by atoms with Crippen LogP contribution in [0.25, 0.3) is 0 Å². The Hall–Kier alpha value is -2.10. The van der Waals surface area contributed by atoms with Crippen molar-refractivity contribution in [2.45, 2.75) is 19.9 Å². The zero-order valence-corrected chi connectivity index (χ0v) is 10.7. The maximum Gasteiger partial charge on any atom is 0.223 e. The van der Waals surface area contributed by atoms with Crippen molar-refractivity contribution < 1.29 is 4.74 Å². The highest BCUT2D eigenvalue weighted by atomic mass is 16.5. The zero-order valence-electron chi connectivity index (χ0n) is 10.7. The average Bonchev–Trinajstić information content (AvgIpc) is 2.46. The monoisotopic (exact) mass is 243 g/mol. The summed E-state index contributed by atoms with van der Waals surface area (Å²) in [7, 11) is 1.60. The molecule has 4 heteroatoms. The minimum atomic E-state index is 0.607. The number of ether oxygens (including phenoxy) is 1. The van der Waals surface area contributed by atoms with Gasteiger partial charge in [0.2, 0.25) is 5.95 Å². The number of anilines is 1. The summed E-state index contributed by atoms with van der Waals surface area (Å²) in [5.74, 6) is 1.27. The van der Waals surface area contributed by atoms with Crippen LogP contribution in [-0.2, 0) is 13.0 Å². The summed E-state index contributed by atoms with van der Waals surface area (Å²) in [4.78, 5) is 8.30. The normalized spacial score (nSPS) is 10.1. The van der Waals surface area contributed by atoms with E-state index in [4.69, 9.17) is 4.74 Å². The molecule has 0 saturated heterocycles. The smallest absolute Gasteiger partial charge is 0.223 e. The molecule has 1 N–H and O–H groups in total. The van der Waals surface area contributed by atoms with Crippen molar-refractivity contribution in [3.8, 4) is 5.75 Å². The van der Waals surface area contributed by atoms with Gasteiger partial charge >= 0.3 is 0 Å². The summed E-state index contributed by atoms with van der Waals surface area (Å²) in [6.45, 7) is 2.87. The first-order chi connectivity index (χ1) is 8.81. The highest BCUT2D eigenvalue weighted by molar-refractivity contribution is 5.30. The molecule has 0 fully saturated rings. The van der Waals surface area contributed by atoms with Crippen LogP contribution in [0.2, 0.25) is 0 Å². The van der Waals surface area contributed by atoms with Crippen molar-refractivity contribution in [1.29, 1.82) is 0 Å². The van der Waals surface area contributed by atoms with E-state index < -0.39 is 0 Å². The number of benzene rings is 1. The van der Waals surface area contributed by atoms with Crippen LogP contribution in [0.1, 0.15) is 18.1 Å². The second kappa shape index (κ2) is 6.00. The van der Waals surface area contributed by atoms with Gasteiger partial charge in [0.15, 0.2) is 5.75 Å². The van der Waals surface area contributed by atoms with Gasteiger partial charge in [0.25, 0.3) is 0 Å². The number of nitrogens with one attached hydrogen (secondary N) is 1. The van der Waals surface area contributed by atoms with E-state index in [9.17, 15) is 0 Å². The van der Waals surface area contributed by atoms with E-state index in [0.29, 0.717) is 11.7 Å². The van der Waals surface area contributed by atoms with Crippen molar-refractivity contribution in [1.82, 2.24) is 9.97 Å². The van der Waals surface area contributed by atoms with Gasteiger partial charge in [-0.2, -0.15) is 0 Å². The van der Waals surface area contributed by atoms with E-state index in [0.717, 1.165) is 13.0 Å². The molecule has 0 aliphatic rings. The lowest BCUT2D eigenvalue weighted by Crippen LogP contribution is -2.03. The minimum Gasteiger partial charge on any atom is -0.494 e. The number of rotatable bonds is 5. The van der Waals surface area contributed by atoms with Crippen molar-refractivity contribution >= 4 is 5.95 Å². The number of hydrogen-bond acceptors (Lipinski definition) is 4. The van der Waals surface area contributed by atoms with Crippen molar-refractivity contribution in [3.05, 3.63) is 47.8 Å². The molecule has 0 aliphatic carbocycles. The quantitative estimate of drug-likeness (QED) is 0.877. The molecule has 0 amide bonds. The van der Waals surface area contributed by atoms with Gasteiger partial charge < -0.3 is 10.1 Å². The summed E-state index contributed by atoms with van der Waals surface area (Å²) < 4.78 is 5.00. The largest absolute Gasteiger partial charge is 0.494 e. The van der Waals surface area contributed by atoms with Crippen LogP contribution in [0.15, 0.2) is 36.7 Å². The highest BCUT2D eigenvalue weighted by Crippen LogP contribution is 2.09. The molecular formula is C14H17N3O. The molecule has 4 nitrogen and oxygen atoms in total. The molecule has 94 valence electrons. The molecule has 18 heavy (non-hydrogen) atoms. The second-order valence-electron chi connectivity index (χ2n) is 3.97. The van der Waals surface area contributed by atoms with Gasteiger partial charge in [0.1, 0.15) is 0 Å². The zero-order chi connectivity index (χ0) is 12.8. The molecule has 0 bridgehead atoms. The Kier molecular flexibility index (Phi) is 4.12. The summed E-state index contributed by atoms with van der Waals surface area (Å²) in [6.07, 6.45) is 4.36. The third-order valence-electron chi connectivity index (χ3n) is 2.75. The van der Waals surface area contributed by atoms with Crippen LogP contribution >= 0.6 is 0 Å². The molecule has 1 heterocycles. The number of aryl methyl sites for hydroxylation is 1. The Bertz CT molecular complexity index is 432. The van der Waals surface area contributed by atoms with Crippen molar-refractivity contribution in [2.75, 3.05) is 12.4 Å². The third-order valence-corrected chi connectivity index (χ3v) is 2.75. The van der Waals surface area contributed by atoms with Crippen molar-refractivity contribution in [2.24, 2.45) is 0 Å². The second-order valence-corrected chi connectivity index (χ2v) is 3.97. The van der Waals surface area contributed by atoms with Crippen molar-refractivity contribution in [3.63, 3.8) is 0 Å². The third kappa shape index (κ3) is 3.20. The van der Waals surface area contributed by atoms with Crippen LogP contribution in [0.5, 0.6) is 5.75 Å². The Balaban J connectivity index is 1.93. The molecule has 0 aliphatic heterocycles. The van der Waals surface area contributed by atoms with E-state index >= 15 is 0 Å². The fourth-order valence-electron chi connectivity index (χ4n) is 1.59. The number of hydrogen-bond donors (Lipinski definition) is 1. The Labute approximate surface area is 107 Å². The minimum absolute atomic E-state index is 0.607. The van der Waals surface area contributed by atoms with Crippen LogP contribution in [-0.4, -0.2) is 17.1 Å². The highest BCUT2D eigenvalue weighted by Gasteiger charge is 1.98. The van der Waals surface area contributed by atoms with Crippen LogP contribution < -0.4 is 10.1 Å². The lowest BCUT2D eigenvalue weighted by Gasteiger charge is -2.06. The van der Waals surface area contributed by atoms with Gasteiger partial charge in [-0.15, -0.1) is 0 Å². The predicted molar refractivity (Wildman–Crippen MR) is 71.7 cm³/mol. The molecule has 1 aromatic heterocycles. The first-order valence-electron chi connectivity index (χ1n) is 5.99. The fraction of sp³-hybridized carbons (Fsp3) is 0.286. The van der Waals surface area contributed by atoms with E-state index in [1.165, 1.54) is 11.1 Å². The molecule has 0 radical (unpaired) electrons. The van der Waals surface area contributed by atoms with Crippen LogP contribution in [0.4, 0.5) is 5.95 Å². The lowest BCUT2D eigenvalue weighted by atomic mass is 10.1. The van der Waals surface area contributed by atoms with Crippen LogP contribution in [0, 0.1) is 0 Å². The standard InChI is InChI=1S/C14H17N3O/c1-3-11-4-6-12(7-5-11)8-15-14-16-9-13(18-2)10-17-14/h4-7,9-10H,3,8H2,1-2H3,(H,15,16,17). The average molecular weight is 243 g/mol. The summed E-state index contributed by atoms with van der Waals surface area (Å²) in [5, 5.41) is 3.17. The van der Waals surface area contributed by atoms with Gasteiger partial charge in [-0.05, 0) is 17.5 Å². The summed E-state index contributed by atoms with van der Waals surface area (Å²) >= 11 is 0. The fourth-order valence-corrected chi connectivity index (χ4v) is 1.59. The molecule has 0 spiro atoms. The van der Waals surface area contributed by atoms with Gasteiger partial charge in [-0.3, -0.25) is 0 Å². The number of aromatic nitrogens is 2. The van der Waals surface area contributed by atoms with Gasteiger partial charge in [-0.25, -0.2) is 9.97 Å². The van der Waals surface area contributed by atoms with Crippen LogP contribution in [0.3, 0.4) is 0 Å². The van der Waals surface area contributed by atoms with E-state index in [1.54, 1.807) is 19.5 Å². The molecule has 0 saturated carbocycles. The molecule has 1 aromatic carbocycles. The molecule has 2 rings (SSSR count). The van der Waals surface area contributed by atoms with E-state index in [-0.39, 0.29) is 0 Å². The maximum atomic E-state index is 5.00. The number of methoxy groups -OCH3 is 1. The first-order valence-corrected chi connectivity index (χ1v) is 5.99. The molecule has 2 aromatic rings. The van der Waals surface area contributed by atoms with Gasteiger partial charge in [0.05, 0.1) is 19.5 Å². The molecule has 0 unspecified atom stereocenters. The first kappa shape index (κ1) is 12.4. The Morgan fingerprint density at radius 3 is 2.22 bits per heavy atom. The lowest BCUT2D eigenvalue weighted by molar-refractivity contribution is 0.411. The maximum absolute atomic E-state index is 5.00. The molecular weight excluding hydrogens is 226 g/mol. The van der Waals surface area contributed by atoms with E-state index in [1.807, 2.05) is 0 Å². The Morgan fingerprint density at radius 1 is 1.06 bits per heavy atom. The Morgan fingerprint density at radius 2 is 1.67 bits per heavy atom. The van der Waals surface area contributed by atoms with E-state index in [2.05, 4.69) is 46.5 Å². The summed E-state index contributed by atoms with van der Waals surface area (Å²) in [5.41, 5.74) is 2.56. The SMILES string of the molecule is CCc1ccc(CNc2ncc(OC)cn2)cc1.